The van der Waals surface area contributed by atoms with Gasteiger partial charge in [0.2, 0.25) is 10.4 Å². The van der Waals surface area contributed by atoms with Crippen molar-refractivity contribution in [2.75, 3.05) is 6.61 Å². The monoisotopic (exact) mass is 326 g/mol. The molecule has 4 unspecified atom stereocenters. The Bertz CT molecular complexity index is 398. The molecule has 4 nitrogen and oxygen atoms in total. The van der Waals surface area contributed by atoms with Crippen LogP contribution in [-0.4, -0.2) is 19.6 Å². The summed E-state index contributed by atoms with van der Waals surface area (Å²) in [5.74, 6) is 3.48. The van der Waals surface area contributed by atoms with Crippen LogP contribution in [0.1, 0.15) is 64.7 Å². The van der Waals surface area contributed by atoms with Crippen molar-refractivity contribution < 1.29 is 46.7 Å². The van der Waals surface area contributed by atoms with Gasteiger partial charge in [0.25, 0.3) is 0 Å². The first kappa shape index (κ1) is 19.9. The minimum absolute atomic E-state index is 0. The molecule has 0 aromatic carbocycles. The van der Waals surface area contributed by atoms with E-state index in [1.54, 1.807) is 0 Å². The average molecular weight is 326 g/mol. The maximum Gasteiger partial charge on any atom is 1.00 e. The molecule has 0 bridgehead atoms. The number of rotatable bonds is 7. The van der Waals surface area contributed by atoms with Gasteiger partial charge in [-0.25, -0.2) is 8.42 Å². The molecule has 2 aliphatic rings. The Kier molecular flexibility index (Phi) is 8.76. The van der Waals surface area contributed by atoms with Gasteiger partial charge in [-0.3, -0.25) is 4.18 Å². The molecular weight excluding hydrogens is 299 g/mol. The standard InChI is InChI=1S/C15H28O4S.Na/c1-2-12-5-7-14(10-12)15-8-6-13(11-15)4-3-9-19-20(16,17)18;/h12-15H,2-11H2,1H3,(H,16,17,18);/q;+1/p-1. The van der Waals surface area contributed by atoms with Crippen molar-refractivity contribution in [3.05, 3.63) is 0 Å². The Morgan fingerprint density at radius 2 is 1.62 bits per heavy atom. The van der Waals surface area contributed by atoms with E-state index in [-0.39, 0.29) is 36.2 Å². The van der Waals surface area contributed by atoms with Crippen molar-refractivity contribution in [2.24, 2.45) is 23.7 Å². The second-order valence-electron chi connectivity index (χ2n) is 6.66. The molecule has 0 aromatic heterocycles. The summed E-state index contributed by atoms with van der Waals surface area (Å²) >= 11 is 0. The Morgan fingerprint density at radius 1 is 1.05 bits per heavy atom. The van der Waals surface area contributed by atoms with Gasteiger partial charge < -0.3 is 4.55 Å². The minimum Gasteiger partial charge on any atom is -0.726 e. The van der Waals surface area contributed by atoms with Gasteiger partial charge in [-0.15, -0.1) is 0 Å². The van der Waals surface area contributed by atoms with Crippen molar-refractivity contribution >= 4 is 10.4 Å². The summed E-state index contributed by atoms with van der Waals surface area (Å²) < 4.78 is 35.3. The van der Waals surface area contributed by atoms with Crippen LogP contribution in [0.2, 0.25) is 0 Å². The van der Waals surface area contributed by atoms with Crippen molar-refractivity contribution in [3.8, 4) is 0 Å². The van der Waals surface area contributed by atoms with E-state index in [9.17, 15) is 13.0 Å². The molecule has 0 saturated heterocycles. The summed E-state index contributed by atoms with van der Waals surface area (Å²) in [4.78, 5) is 0. The minimum atomic E-state index is -4.50. The van der Waals surface area contributed by atoms with Crippen LogP contribution in [0, 0.1) is 23.7 Å². The van der Waals surface area contributed by atoms with Crippen LogP contribution in [0.15, 0.2) is 0 Å². The fourth-order valence-corrected chi connectivity index (χ4v) is 4.57. The van der Waals surface area contributed by atoms with Gasteiger partial charge in [-0.2, -0.15) is 0 Å². The second kappa shape index (κ2) is 9.24. The molecule has 6 heteroatoms. The van der Waals surface area contributed by atoms with Gasteiger partial charge in [0.05, 0.1) is 6.61 Å². The Hall–Kier alpha value is 0.870. The van der Waals surface area contributed by atoms with Crippen molar-refractivity contribution in [3.63, 3.8) is 0 Å². The summed E-state index contributed by atoms with van der Waals surface area (Å²) in [6, 6.07) is 0. The third kappa shape index (κ3) is 6.88. The molecule has 2 fully saturated rings. The maximum absolute atomic E-state index is 10.3. The first-order chi connectivity index (χ1) is 9.48. The molecule has 0 aliphatic heterocycles. The summed E-state index contributed by atoms with van der Waals surface area (Å²) in [6.07, 6.45) is 11.2. The van der Waals surface area contributed by atoms with Gasteiger partial charge in [-0.1, -0.05) is 26.2 Å². The zero-order chi connectivity index (χ0) is 14.6. The van der Waals surface area contributed by atoms with Crippen molar-refractivity contribution in [2.45, 2.75) is 64.7 Å². The summed E-state index contributed by atoms with van der Waals surface area (Å²) in [6.45, 7) is 2.35. The third-order valence-electron chi connectivity index (χ3n) is 5.39. The van der Waals surface area contributed by atoms with Crippen LogP contribution in [0.3, 0.4) is 0 Å². The topological polar surface area (TPSA) is 66.4 Å². The van der Waals surface area contributed by atoms with E-state index in [1.165, 1.54) is 44.9 Å². The molecule has 0 N–H and O–H groups in total. The van der Waals surface area contributed by atoms with E-state index in [0.717, 1.165) is 24.2 Å². The third-order valence-corrected chi connectivity index (χ3v) is 5.85. The number of hydrogen-bond acceptors (Lipinski definition) is 4. The predicted molar refractivity (Wildman–Crippen MR) is 76.8 cm³/mol. The second-order valence-corrected chi connectivity index (χ2v) is 7.71. The van der Waals surface area contributed by atoms with Gasteiger partial charge in [-0.05, 0) is 62.2 Å². The molecular formula is C15H27NaO4S. The van der Waals surface area contributed by atoms with Gasteiger partial charge in [0.1, 0.15) is 0 Å². The number of hydrogen-bond donors (Lipinski definition) is 0. The fraction of sp³-hybridized carbons (Fsp3) is 1.00. The molecule has 0 spiro atoms. The first-order valence-corrected chi connectivity index (χ1v) is 9.41. The van der Waals surface area contributed by atoms with Crippen LogP contribution >= 0.6 is 0 Å². The van der Waals surface area contributed by atoms with E-state index in [2.05, 4.69) is 11.1 Å². The van der Waals surface area contributed by atoms with Crippen LogP contribution in [-0.2, 0) is 14.6 Å². The summed E-state index contributed by atoms with van der Waals surface area (Å²) in [7, 11) is -4.50. The van der Waals surface area contributed by atoms with Crippen LogP contribution in [0.4, 0.5) is 0 Å². The molecule has 2 aliphatic carbocycles. The molecule has 2 saturated carbocycles. The van der Waals surface area contributed by atoms with Gasteiger partial charge in [0.15, 0.2) is 0 Å². The van der Waals surface area contributed by atoms with E-state index >= 15 is 0 Å². The normalized spacial score (nSPS) is 33.0. The zero-order valence-electron chi connectivity index (χ0n) is 13.4. The summed E-state index contributed by atoms with van der Waals surface area (Å²) in [5.41, 5.74) is 0. The van der Waals surface area contributed by atoms with E-state index in [1.807, 2.05) is 0 Å². The SMILES string of the molecule is CCC1CCC(C2CCC(CCCOS(=O)(=O)[O-])C2)C1.[Na+]. The zero-order valence-corrected chi connectivity index (χ0v) is 16.2. The maximum atomic E-state index is 10.3. The van der Waals surface area contributed by atoms with Gasteiger partial charge in [0, 0.05) is 0 Å². The van der Waals surface area contributed by atoms with Crippen LogP contribution in [0.25, 0.3) is 0 Å². The fourth-order valence-electron chi connectivity index (χ4n) is 4.25. The van der Waals surface area contributed by atoms with Crippen molar-refractivity contribution in [1.82, 2.24) is 0 Å². The van der Waals surface area contributed by atoms with Crippen LogP contribution < -0.4 is 29.6 Å². The van der Waals surface area contributed by atoms with Crippen LogP contribution in [0.5, 0.6) is 0 Å². The van der Waals surface area contributed by atoms with E-state index in [0.29, 0.717) is 12.3 Å². The molecule has 2 rings (SSSR count). The molecule has 0 aromatic rings. The quantitative estimate of drug-likeness (QED) is 0.296. The molecule has 4 atom stereocenters. The average Bonchev–Trinajstić information content (AvgIpc) is 3.02. The van der Waals surface area contributed by atoms with Gasteiger partial charge >= 0.3 is 29.6 Å². The summed E-state index contributed by atoms with van der Waals surface area (Å²) in [5, 5.41) is 0. The Labute approximate surface area is 151 Å². The molecule has 21 heavy (non-hydrogen) atoms. The Morgan fingerprint density at radius 3 is 2.14 bits per heavy atom. The smallest absolute Gasteiger partial charge is 0.726 e. The molecule has 0 amide bonds. The molecule has 0 heterocycles. The molecule has 118 valence electrons. The largest absolute Gasteiger partial charge is 1.00 e. The Balaban J connectivity index is 0.00000220. The molecule has 0 radical (unpaired) electrons. The first-order valence-electron chi connectivity index (χ1n) is 8.08. The van der Waals surface area contributed by atoms with E-state index < -0.39 is 10.4 Å². The van der Waals surface area contributed by atoms with Crippen molar-refractivity contribution in [1.29, 1.82) is 0 Å². The predicted octanol–water partition coefficient (Wildman–Crippen LogP) is 0.490. The van der Waals surface area contributed by atoms with E-state index in [4.69, 9.17) is 0 Å².